The minimum Gasteiger partial charge on any atom is -0.371 e. The summed E-state index contributed by atoms with van der Waals surface area (Å²) in [6.07, 6.45) is 3.78. The number of carbonyl (C=O) groups excluding carboxylic acids is 1. The van der Waals surface area contributed by atoms with Crippen LogP contribution in [-0.4, -0.2) is 37.1 Å². The van der Waals surface area contributed by atoms with Crippen LogP contribution in [0.3, 0.4) is 0 Å². The number of nitrogens with one attached hydrogen (secondary N) is 1. The molecular weight excluding hydrogens is 372 g/mol. The fourth-order valence-electron chi connectivity index (χ4n) is 4.45. The van der Waals surface area contributed by atoms with E-state index >= 15 is 0 Å². The zero-order valence-corrected chi connectivity index (χ0v) is 17.0. The van der Waals surface area contributed by atoms with E-state index in [0.29, 0.717) is 11.5 Å². The van der Waals surface area contributed by atoms with Crippen LogP contribution < -0.4 is 15.1 Å². The van der Waals surface area contributed by atoms with E-state index in [4.69, 9.17) is 0 Å². The maximum Gasteiger partial charge on any atom is 0.259 e. The maximum atomic E-state index is 12.9. The summed E-state index contributed by atoms with van der Waals surface area (Å²) >= 11 is 0. The molecule has 0 aliphatic carbocycles. The second-order valence-corrected chi connectivity index (χ2v) is 8.08. The highest BCUT2D eigenvalue weighted by Crippen LogP contribution is 2.29. The summed E-state index contributed by atoms with van der Waals surface area (Å²) in [4.78, 5) is 21.7. The molecule has 2 aliphatic rings. The Kier molecular flexibility index (Phi) is 5.10. The predicted molar refractivity (Wildman–Crippen MR) is 121 cm³/mol. The van der Waals surface area contributed by atoms with Gasteiger partial charge in [-0.2, -0.15) is 0 Å². The lowest BCUT2D eigenvalue weighted by Gasteiger charge is -2.19. The number of fused-ring (bicyclic) bond motifs is 1. The first-order valence-corrected chi connectivity index (χ1v) is 10.7. The molecule has 0 radical (unpaired) electrons. The molecule has 1 amide bonds. The van der Waals surface area contributed by atoms with Crippen LogP contribution >= 0.6 is 0 Å². The molecule has 1 atom stereocenters. The molecule has 2 aromatic carbocycles. The summed E-state index contributed by atoms with van der Waals surface area (Å²) in [5.74, 6) is 1.44. The van der Waals surface area contributed by atoms with E-state index in [1.165, 1.54) is 17.7 Å². The van der Waals surface area contributed by atoms with Gasteiger partial charge in [-0.25, -0.2) is 4.98 Å². The Balaban J connectivity index is 1.17. The van der Waals surface area contributed by atoms with E-state index in [1.54, 1.807) is 6.20 Å². The van der Waals surface area contributed by atoms with Gasteiger partial charge < -0.3 is 15.1 Å². The molecule has 30 heavy (non-hydrogen) atoms. The number of benzene rings is 2. The summed E-state index contributed by atoms with van der Waals surface area (Å²) < 4.78 is 0. The van der Waals surface area contributed by atoms with Crippen LogP contribution in [0.2, 0.25) is 0 Å². The van der Waals surface area contributed by atoms with E-state index in [-0.39, 0.29) is 5.91 Å². The van der Waals surface area contributed by atoms with Crippen molar-refractivity contribution in [1.82, 2.24) is 4.98 Å². The second kappa shape index (κ2) is 8.19. The van der Waals surface area contributed by atoms with Crippen molar-refractivity contribution in [3.8, 4) is 0 Å². The molecule has 5 heteroatoms. The van der Waals surface area contributed by atoms with Gasteiger partial charge in [0.2, 0.25) is 0 Å². The third-order valence-corrected chi connectivity index (χ3v) is 6.12. The van der Waals surface area contributed by atoms with Crippen LogP contribution in [0.5, 0.6) is 0 Å². The van der Waals surface area contributed by atoms with Crippen molar-refractivity contribution in [1.29, 1.82) is 0 Å². The van der Waals surface area contributed by atoms with Crippen LogP contribution in [0, 0.1) is 5.92 Å². The molecule has 0 spiro atoms. The summed E-state index contributed by atoms with van der Waals surface area (Å²) in [6, 6.07) is 22.5. The summed E-state index contributed by atoms with van der Waals surface area (Å²) in [5, 5.41) is 3.45. The van der Waals surface area contributed by atoms with Gasteiger partial charge in [-0.15, -0.1) is 0 Å². The third kappa shape index (κ3) is 3.75. The van der Waals surface area contributed by atoms with Gasteiger partial charge in [0.05, 0.1) is 5.56 Å². The van der Waals surface area contributed by atoms with Crippen molar-refractivity contribution >= 4 is 23.1 Å². The van der Waals surface area contributed by atoms with E-state index in [9.17, 15) is 4.79 Å². The Morgan fingerprint density at radius 3 is 2.67 bits per heavy atom. The first-order chi connectivity index (χ1) is 14.8. The highest BCUT2D eigenvalue weighted by molar-refractivity contribution is 6.07. The highest BCUT2D eigenvalue weighted by atomic mass is 16.2. The smallest absolute Gasteiger partial charge is 0.259 e. The molecule has 5 rings (SSSR count). The van der Waals surface area contributed by atoms with Crippen molar-refractivity contribution in [3.63, 3.8) is 0 Å². The van der Waals surface area contributed by atoms with Crippen molar-refractivity contribution in [2.75, 3.05) is 41.3 Å². The standard InChI is InChI=1S/C25H26N4O/c30-25(29-15-13-20-6-4-5-9-23(20)29)21-10-11-24(27-17-21)26-16-19-12-14-28(18-19)22-7-2-1-3-8-22/h1-11,17,19H,12-16,18H2,(H,26,27). The quantitative estimate of drug-likeness (QED) is 0.699. The number of amides is 1. The number of hydrogen-bond acceptors (Lipinski definition) is 4. The monoisotopic (exact) mass is 398 g/mol. The molecule has 1 saturated heterocycles. The van der Waals surface area contributed by atoms with E-state index < -0.39 is 0 Å². The van der Waals surface area contributed by atoms with Gasteiger partial charge in [0.15, 0.2) is 0 Å². The van der Waals surface area contributed by atoms with Crippen molar-refractivity contribution in [3.05, 3.63) is 84.1 Å². The molecule has 1 N–H and O–H groups in total. The summed E-state index contributed by atoms with van der Waals surface area (Å²) in [7, 11) is 0. The lowest BCUT2D eigenvalue weighted by molar-refractivity contribution is 0.0989. The fraction of sp³-hybridized carbons (Fsp3) is 0.280. The molecule has 0 bridgehead atoms. The minimum absolute atomic E-state index is 0.0216. The van der Waals surface area contributed by atoms with Gasteiger partial charge in [0.1, 0.15) is 5.82 Å². The highest BCUT2D eigenvalue weighted by Gasteiger charge is 2.25. The maximum absolute atomic E-state index is 12.9. The average Bonchev–Trinajstić information content (AvgIpc) is 3.46. The second-order valence-electron chi connectivity index (χ2n) is 8.08. The zero-order chi connectivity index (χ0) is 20.3. The Bertz CT molecular complexity index is 1020. The van der Waals surface area contributed by atoms with Crippen LogP contribution in [0.1, 0.15) is 22.3 Å². The number of aromatic nitrogens is 1. The number of anilines is 3. The number of carbonyl (C=O) groups is 1. The molecule has 1 unspecified atom stereocenters. The van der Waals surface area contributed by atoms with Crippen LogP contribution in [-0.2, 0) is 6.42 Å². The van der Waals surface area contributed by atoms with Gasteiger partial charge in [-0.3, -0.25) is 4.79 Å². The number of rotatable bonds is 5. The molecule has 0 saturated carbocycles. The Hall–Kier alpha value is -3.34. The topological polar surface area (TPSA) is 48.5 Å². The lowest BCUT2D eigenvalue weighted by atomic mass is 10.1. The van der Waals surface area contributed by atoms with Crippen LogP contribution in [0.4, 0.5) is 17.2 Å². The van der Waals surface area contributed by atoms with Gasteiger partial charge in [0.25, 0.3) is 5.91 Å². The molecule has 3 aromatic rings. The molecule has 1 aromatic heterocycles. The first-order valence-electron chi connectivity index (χ1n) is 10.7. The van der Waals surface area contributed by atoms with Crippen LogP contribution in [0.15, 0.2) is 72.9 Å². The number of para-hydroxylation sites is 2. The molecular formula is C25H26N4O. The first kappa shape index (κ1) is 18.7. The van der Waals surface area contributed by atoms with Gasteiger partial charge in [-0.05, 0) is 54.7 Å². The van der Waals surface area contributed by atoms with E-state index in [1.807, 2.05) is 35.2 Å². The number of hydrogen-bond donors (Lipinski definition) is 1. The third-order valence-electron chi connectivity index (χ3n) is 6.12. The summed E-state index contributed by atoms with van der Waals surface area (Å²) in [6.45, 7) is 3.78. The van der Waals surface area contributed by atoms with E-state index in [0.717, 1.165) is 44.1 Å². The average molecular weight is 399 g/mol. The lowest BCUT2D eigenvalue weighted by Crippen LogP contribution is -2.29. The molecule has 3 heterocycles. The molecule has 152 valence electrons. The summed E-state index contributed by atoms with van der Waals surface area (Å²) in [5.41, 5.74) is 4.19. The normalized spacial score (nSPS) is 17.8. The van der Waals surface area contributed by atoms with Crippen LogP contribution in [0.25, 0.3) is 0 Å². The van der Waals surface area contributed by atoms with Gasteiger partial charge in [-0.1, -0.05) is 36.4 Å². The Labute approximate surface area is 177 Å². The zero-order valence-electron chi connectivity index (χ0n) is 17.0. The van der Waals surface area contributed by atoms with Crippen molar-refractivity contribution in [2.24, 2.45) is 5.92 Å². The Morgan fingerprint density at radius 2 is 1.83 bits per heavy atom. The number of nitrogens with zero attached hydrogens (tertiary/aromatic N) is 3. The largest absolute Gasteiger partial charge is 0.371 e. The SMILES string of the molecule is O=C(c1ccc(NCC2CCN(c3ccccc3)C2)nc1)N1CCc2ccccc21. The minimum atomic E-state index is 0.0216. The predicted octanol–water partition coefficient (Wildman–Crippen LogP) is 4.22. The van der Waals surface area contributed by atoms with E-state index in [2.05, 4.69) is 51.6 Å². The molecule has 1 fully saturated rings. The Morgan fingerprint density at radius 1 is 1.00 bits per heavy atom. The van der Waals surface area contributed by atoms with Gasteiger partial charge in [0, 0.05) is 43.8 Å². The van der Waals surface area contributed by atoms with Crippen molar-refractivity contribution in [2.45, 2.75) is 12.8 Å². The number of pyridine rings is 1. The van der Waals surface area contributed by atoms with Gasteiger partial charge >= 0.3 is 0 Å². The molecule has 5 nitrogen and oxygen atoms in total. The molecule has 2 aliphatic heterocycles. The van der Waals surface area contributed by atoms with Crippen molar-refractivity contribution < 1.29 is 4.79 Å². The fourth-order valence-corrected chi connectivity index (χ4v) is 4.45.